The van der Waals surface area contributed by atoms with Crippen LogP contribution in [0.4, 0.5) is 11.4 Å². The number of thiophene rings is 1. The molecule has 1 amide bonds. The van der Waals surface area contributed by atoms with Crippen molar-refractivity contribution in [3.63, 3.8) is 0 Å². The van der Waals surface area contributed by atoms with Gasteiger partial charge in [0.25, 0.3) is 5.91 Å². The smallest absolute Gasteiger partial charge is 0.330 e. The summed E-state index contributed by atoms with van der Waals surface area (Å²) in [6, 6.07) is 8.67. The van der Waals surface area contributed by atoms with E-state index in [1.807, 2.05) is 0 Å². The molecule has 7 heteroatoms. The van der Waals surface area contributed by atoms with Gasteiger partial charge in [0.15, 0.2) is 0 Å². The van der Waals surface area contributed by atoms with Crippen molar-refractivity contribution in [1.82, 2.24) is 9.55 Å². The molecule has 3 rings (SSSR count). The topological polar surface area (TPSA) is 92.9 Å². The highest BCUT2D eigenvalue weighted by Gasteiger charge is 2.11. The van der Waals surface area contributed by atoms with Crippen LogP contribution in [-0.4, -0.2) is 15.5 Å². The molecule has 4 N–H and O–H groups in total. The molecular weight excluding hydrogens is 288 g/mol. The van der Waals surface area contributed by atoms with Gasteiger partial charge in [0.1, 0.15) is 4.88 Å². The van der Waals surface area contributed by atoms with Gasteiger partial charge in [-0.25, -0.2) is 4.79 Å². The average Bonchev–Trinajstić information content (AvgIpc) is 3.08. The van der Waals surface area contributed by atoms with E-state index in [0.29, 0.717) is 16.3 Å². The van der Waals surface area contributed by atoms with Crippen molar-refractivity contribution in [2.45, 2.75) is 0 Å². The molecule has 0 spiro atoms. The number of nitrogens with one attached hydrogen (secondary N) is 2. The molecule has 0 aliphatic heterocycles. The van der Waals surface area contributed by atoms with Crippen LogP contribution in [0.5, 0.6) is 0 Å². The molecule has 0 unspecified atom stereocenters. The summed E-state index contributed by atoms with van der Waals surface area (Å²) in [4.78, 5) is 26.6. The monoisotopic (exact) mass is 300 g/mol. The molecule has 106 valence electrons. The quantitative estimate of drug-likeness (QED) is 0.691. The van der Waals surface area contributed by atoms with Crippen molar-refractivity contribution in [3.05, 3.63) is 63.5 Å². The number of nitrogen functional groups attached to an aromatic ring is 1. The predicted molar refractivity (Wildman–Crippen MR) is 83.1 cm³/mol. The van der Waals surface area contributed by atoms with Crippen LogP contribution in [0.15, 0.2) is 52.9 Å². The Kier molecular flexibility index (Phi) is 3.33. The molecular formula is C14H12N4O2S. The van der Waals surface area contributed by atoms with E-state index in [-0.39, 0.29) is 11.6 Å². The molecule has 0 fully saturated rings. The van der Waals surface area contributed by atoms with E-state index in [1.54, 1.807) is 48.1 Å². The highest BCUT2D eigenvalue weighted by molar-refractivity contribution is 7.12. The summed E-state index contributed by atoms with van der Waals surface area (Å²) in [6.07, 6.45) is 3.21. The zero-order valence-electron chi connectivity index (χ0n) is 10.9. The average molecular weight is 300 g/mol. The SMILES string of the molecule is Nc1ccsc1C(=O)Nc1ccc(-n2cc[nH]c2=O)cc1. The number of imidazole rings is 1. The molecule has 0 radical (unpaired) electrons. The van der Waals surface area contributed by atoms with Crippen LogP contribution in [0.3, 0.4) is 0 Å². The molecule has 2 aromatic heterocycles. The second-order valence-electron chi connectivity index (χ2n) is 4.34. The van der Waals surface area contributed by atoms with Crippen molar-refractivity contribution in [2.24, 2.45) is 0 Å². The lowest BCUT2D eigenvalue weighted by molar-refractivity contribution is 0.103. The summed E-state index contributed by atoms with van der Waals surface area (Å²) in [5.74, 6) is -0.242. The number of carbonyl (C=O) groups excluding carboxylic acids is 1. The molecule has 1 aromatic carbocycles. The molecule has 21 heavy (non-hydrogen) atoms. The summed E-state index contributed by atoms with van der Waals surface area (Å²) < 4.78 is 1.48. The number of amides is 1. The van der Waals surface area contributed by atoms with E-state index >= 15 is 0 Å². The number of nitrogens with zero attached hydrogens (tertiary/aromatic N) is 1. The van der Waals surface area contributed by atoms with Gasteiger partial charge in [0, 0.05) is 18.1 Å². The minimum Gasteiger partial charge on any atom is -0.397 e. The van der Waals surface area contributed by atoms with Crippen molar-refractivity contribution in [3.8, 4) is 5.69 Å². The fourth-order valence-corrected chi connectivity index (χ4v) is 2.63. The van der Waals surface area contributed by atoms with Crippen LogP contribution in [0.25, 0.3) is 5.69 Å². The summed E-state index contributed by atoms with van der Waals surface area (Å²) in [5.41, 5.74) is 7.32. The van der Waals surface area contributed by atoms with Gasteiger partial charge in [0.2, 0.25) is 0 Å². The van der Waals surface area contributed by atoms with Gasteiger partial charge in [-0.05, 0) is 35.7 Å². The molecule has 0 bridgehead atoms. The minimum absolute atomic E-state index is 0.210. The number of aromatic nitrogens is 2. The first-order valence-electron chi connectivity index (χ1n) is 6.16. The second-order valence-corrected chi connectivity index (χ2v) is 5.26. The van der Waals surface area contributed by atoms with Gasteiger partial charge in [-0.1, -0.05) is 0 Å². The molecule has 0 aliphatic carbocycles. The first kappa shape index (κ1) is 13.2. The number of H-pyrrole nitrogens is 1. The molecule has 6 nitrogen and oxygen atoms in total. The zero-order valence-corrected chi connectivity index (χ0v) is 11.7. The Bertz CT molecular complexity index is 829. The third-order valence-corrected chi connectivity index (χ3v) is 3.88. The molecule has 3 aromatic rings. The van der Waals surface area contributed by atoms with Gasteiger partial charge >= 0.3 is 5.69 Å². The van der Waals surface area contributed by atoms with Crippen molar-refractivity contribution in [1.29, 1.82) is 0 Å². The van der Waals surface area contributed by atoms with E-state index < -0.39 is 0 Å². The highest BCUT2D eigenvalue weighted by atomic mass is 32.1. The van der Waals surface area contributed by atoms with Gasteiger partial charge in [0.05, 0.1) is 11.4 Å². The van der Waals surface area contributed by atoms with Crippen LogP contribution in [0.1, 0.15) is 9.67 Å². The largest absolute Gasteiger partial charge is 0.397 e. The molecule has 0 aliphatic rings. The van der Waals surface area contributed by atoms with Gasteiger partial charge in [-0.3, -0.25) is 9.36 Å². The van der Waals surface area contributed by atoms with Crippen molar-refractivity contribution < 1.29 is 4.79 Å². The third kappa shape index (κ3) is 2.59. The van der Waals surface area contributed by atoms with Crippen molar-refractivity contribution in [2.75, 3.05) is 11.1 Å². The predicted octanol–water partition coefficient (Wildman–Crippen LogP) is 2.06. The first-order chi connectivity index (χ1) is 10.1. The van der Waals surface area contributed by atoms with Crippen LogP contribution in [-0.2, 0) is 0 Å². The Morgan fingerprint density at radius 1 is 1.24 bits per heavy atom. The fourth-order valence-electron chi connectivity index (χ4n) is 1.92. The minimum atomic E-state index is -0.242. The highest BCUT2D eigenvalue weighted by Crippen LogP contribution is 2.21. The Balaban J connectivity index is 1.79. The van der Waals surface area contributed by atoms with E-state index in [0.717, 1.165) is 5.69 Å². The molecule has 0 saturated heterocycles. The number of carbonyl (C=O) groups is 1. The number of hydrogen-bond acceptors (Lipinski definition) is 4. The third-order valence-electron chi connectivity index (χ3n) is 2.95. The van der Waals surface area contributed by atoms with Crippen LogP contribution < -0.4 is 16.7 Å². The van der Waals surface area contributed by atoms with E-state index in [2.05, 4.69) is 10.3 Å². The summed E-state index contributed by atoms with van der Waals surface area (Å²) in [5, 5.41) is 4.54. The van der Waals surface area contributed by atoms with Gasteiger partial charge in [-0.15, -0.1) is 11.3 Å². The Morgan fingerprint density at radius 3 is 2.57 bits per heavy atom. The molecule has 0 atom stereocenters. The maximum Gasteiger partial charge on any atom is 0.330 e. The van der Waals surface area contributed by atoms with E-state index in [4.69, 9.17) is 5.73 Å². The molecule has 0 saturated carbocycles. The second kappa shape index (κ2) is 5.29. The first-order valence-corrected chi connectivity index (χ1v) is 7.04. The Hall–Kier alpha value is -2.80. The van der Waals surface area contributed by atoms with E-state index in [1.165, 1.54) is 15.9 Å². The van der Waals surface area contributed by atoms with Crippen LogP contribution in [0.2, 0.25) is 0 Å². The lowest BCUT2D eigenvalue weighted by Gasteiger charge is -2.06. The summed E-state index contributed by atoms with van der Waals surface area (Å²) in [7, 11) is 0. The maximum absolute atomic E-state index is 12.0. The van der Waals surface area contributed by atoms with Crippen LogP contribution >= 0.6 is 11.3 Å². The number of benzene rings is 1. The Labute approximate surface area is 123 Å². The summed E-state index contributed by atoms with van der Waals surface area (Å²) >= 11 is 1.29. The lowest BCUT2D eigenvalue weighted by atomic mass is 10.2. The summed E-state index contributed by atoms with van der Waals surface area (Å²) in [6.45, 7) is 0. The molecule has 2 heterocycles. The Morgan fingerprint density at radius 2 is 2.00 bits per heavy atom. The maximum atomic E-state index is 12.0. The number of nitrogens with two attached hydrogens (primary N) is 1. The van der Waals surface area contributed by atoms with Crippen molar-refractivity contribution >= 4 is 28.6 Å². The van der Waals surface area contributed by atoms with Gasteiger partial charge < -0.3 is 16.0 Å². The normalized spacial score (nSPS) is 10.5. The number of rotatable bonds is 3. The van der Waals surface area contributed by atoms with Gasteiger partial charge in [-0.2, -0.15) is 0 Å². The number of anilines is 2. The standard InChI is InChI=1S/C14H12N4O2S/c15-11-5-8-21-12(11)13(19)17-9-1-3-10(4-2-9)18-7-6-16-14(18)20/h1-8H,15H2,(H,16,20)(H,17,19). The zero-order chi connectivity index (χ0) is 14.8. The number of aromatic amines is 1. The van der Waals surface area contributed by atoms with Crippen LogP contribution in [0, 0.1) is 0 Å². The number of hydrogen-bond donors (Lipinski definition) is 3. The fraction of sp³-hybridized carbons (Fsp3) is 0. The van der Waals surface area contributed by atoms with E-state index in [9.17, 15) is 9.59 Å². The lowest BCUT2D eigenvalue weighted by Crippen LogP contribution is -2.14.